The first-order valence-electron chi connectivity index (χ1n) is 15.5. The number of halogens is 3. The molecule has 1 unspecified atom stereocenters. The largest absolute Gasteiger partial charge is 0.416 e. The second-order valence-corrected chi connectivity index (χ2v) is 12.1. The van der Waals surface area contributed by atoms with Gasteiger partial charge in [0.15, 0.2) is 0 Å². The molecule has 0 aliphatic carbocycles. The van der Waals surface area contributed by atoms with E-state index in [2.05, 4.69) is 49.3 Å². The summed E-state index contributed by atoms with van der Waals surface area (Å²) in [6.07, 6.45) is 5.29. The number of aromatic nitrogens is 5. The van der Waals surface area contributed by atoms with Crippen LogP contribution in [0.2, 0.25) is 0 Å². The van der Waals surface area contributed by atoms with Crippen molar-refractivity contribution in [1.29, 1.82) is 0 Å². The highest BCUT2D eigenvalue weighted by Crippen LogP contribution is 2.33. The van der Waals surface area contributed by atoms with Gasteiger partial charge in [-0.1, -0.05) is 30.3 Å². The molecule has 1 N–H and O–H groups in total. The Labute approximate surface area is 269 Å². The zero-order valence-electron chi connectivity index (χ0n) is 26.0. The van der Waals surface area contributed by atoms with Gasteiger partial charge in [0.1, 0.15) is 17.8 Å². The molecule has 5 aromatic rings. The molecule has 3 aromatic heterocycles. The first kappa shape index (κ1) is 30.5. The number of fused-ring (bicyclic) bond motifs is 1. The number of nitrogens with zero attached hydrogens (tertiary/aromatic N) is 7. The predicted octanol–water partition coefficient (Wildman–Crippen LogP) is 6.86. The van der Waals surface area contributed by atoms with Gasteiger partial charge in [0.25, 0.3) is 5.56 Å². The Hall–Kier alpha value is -5.10. The number of hydrogen-bond donors (Lipinski definition) is 1. The van der Waals surface area contributed by atoms with E-state index in [1.54, 1.807) is 29.4 Å². The quantitative estimate of drug-likeness (QED) is 0.210. The monoisotopic (exact) mass is 638 g/mol. The lowest BCUT2D eigenvalue weighted by atomic mass is 9.91. The minimum Gasteiger partial charge on any atom is -0.324 e. The number of likely N-dealkylation sites (tertiary alicyclic amines) is 1. The summed E-state index contributed by atoms with van der Waals surface area (Å²) in [5, 5.41) is 3.69. The Bertz CT molecular complexity index is 2080. The van der Waals surface area contributed by atoms with Gasteiger partial charge in [-0.3, -0.25) is 13.9 Å². The average Bonchev–Trinajstić information content (AvgIpc) is 3.72. The Morgan fingerprint density at radius 1 is 1.06 bits per heavy atom. The van der Waals surface area contributed by atoms with Gasteiger partial charge in [-0.2, -0.15) is 18.2 Å². The van der Waals surface area contributed by atoms with Crippen LogP contribution in [0.15, 0.2) is 83.0 Å². The van der Waals surface area contributed by atoms with E-state index in [-0.39, 0.29) is 29.3 Å². The van der Waals surface area contributed by atoms with Crippen LogP contribution in [0.3, 0.4) is 0 Å². The van der Waals surface area contributed by atoms with Crippen molar-refractivity contribution >= 4 is 34.7 Å². The van der Waals surface area contributed by atoms with Crippen molar-refractivity contribution in [1.82, 2.24) is 29.0 Å². The van der Waals surface area contributed by atoms with Crippen LogP contribution in [0.1, 0.15) is 47.6 Å². The highest BCUT2D eigenvalue weighted by atomic mass is 19.4. The molecule has 0 radical (unpaired) electrons. The summed E-state index contributed by atoms with van der Waals surface area (Å²) in [4.78, 5) is 34.6. The van der Waals surface area contributed by atoms with Gasteiger partial charge in [0.2, 0.25) is 5.95 Å². The van der Waals surface area contributed by atoms with Gasteiger partial charge in [0.05, 0.1) is 23.4 Å². The fraction of sp³-hybridized carbons (Fsp3) is 0.286. The SMILES string of the molecule is Cc1c(-c2cc3cnc(Nc4ccc(C5CCCN(C)C5)cc4)nc3n(Cc3ccccc3C(F)(F)F)c2=O)ncn1C1=CCC=N1. The first-order valence-corrected chi connectivity index (χ1v) is 15.5. The van der Waals surface area contributed by atoms with Gasteiger partial charge < -0.3 is 10.2 Å². The van der Waals surface area contributed by atoms with E-state index in [0.29, 0.717) is 34.9 Å². The maximum Gasteiger partial charge on any atom is 0.416 e. The molecule has 9 nitrogen and oxygen atoms in total. The zero-order chi connectivity index (χ0) is 32.7. The molecular formula is C35H33F3N8O. The van der Waals surface area contributed by atoms with Gasteiger partial charge in [-0.05, 0) is 80.7 Å². The van der Waals surface area contributed by atoms with Crippen LogP contribution in [-0.4, -0.2) is 55.3 Å². The summed E-state index contributed by atoms with van der Waals surface area (Å²) in [5.41, 5.74) is 2.16. The second kappa shape index (κ2) is 12.3. The van der Waals surface area contributed by atoms with Crippen molar-refractivity contribution in [2.24, 2.45) is 4.99 Å². The van der Waals surface area contributed by atoms with E-state index in [0.717, 1.165) is 37.7 Å². The van der Waals surface area contributed by atoms with E-state index in [9.17, 15) is 18.0 Å². The third kappa shape index (κ3) is 6.08. The lowest BCUT2D eigenvalue weighted by Crippen LogP contribution is -2.30. The maximum absolute atomic E-state index is 14.2. The molecule has 0 spiro atoms. The van der Waals surface area contributed by atoms with Gasteiger partial charge in [-0.15, -0.1) is 0 Å². The molecule has 0 amide bonds. The number of hydrogen-bond acceptors (Lipinski definition) is 7. The van der Waals surface area contributed by atoms with Gasteiger partial charge >= 0.3 is 6.18 Å². The van der Waals surface area contributed by atoms with E-state index in [1.807, 2.05) is 25.1 Å². The number of rotatable bonds is 7. The molecule has 1 atom stereocenters. The topological polar surface area (TPSA) is 93.2 Å². The van der Waals surface area contributed by atoms with Crippen LogP contribution in [0, 0.1) is 6.92 Å². The third-order valence-electron chi connectivity index (χ3n) is 8.88. The molecule has 0 bridgehead atoms. The molecule has 2 aliphatic heterocycles. The maximum atomic E-state index is 14.2. The number of nitrogens with one attached hydrogen (secondary N) is 1. The van der Waals surface area contributed by atoms with E-state index >= 15 is 0 Å². The Morgan fingerprint density at radius 2 is 1.87 bits per heavy atom. The summed E-state index contributed by atoms with van der Waals surface area (Å²) >= 11 is 0. The Morgan fingerprint density at radius 3 is 2.62 bits per heavy atom. The zero-order valence-corrected chi connectivity index (χ0v) is 26.0. The van der Waals surface area contributed by atoms with Crippen molar-refractivity contribution in [3.63, 3.8) is 0 Å². The number of likely N-dealkylation sites (N-methyl/N-ethyl adjacent to an activating group) is 1. The molecule has 1 saturated heterocycles. The summed E-state index contributed by atoms with van der Waals surface area (Å²) in [7, 11) is 2.14. The van der Waals surface area contributed by atoms with Gasteiger partial charge in [0, 0.05) is 42.1 Å². The van der Waals surface area contributed by atoms with Crippen LogP contribution in [0.5, 0.6) is 0 Å². The van der Waals surface area contributed by atoms with Gasteiger partial charge in [-0.25, -0.2) is 15.0 Å². The number of alkyl halides is 3. The number of imidazole rings is 1. The van der Waals surface area contributed by atoms with E-state index in [4.69, 9.17) is 0 Å². The lowest BCUT2D eigenvalue weighted by molar-refractivity contribution is -0.138. The molecule has 2 aliphatic rings. The second-order valence-electron chi connectivity index (χ2n) is 12.1. The number of anilines is 2. The smallest absolute Gasteiger partial charge is 0.324 e. The van der Waals surface area contributed by atoms with Crippen molar-refractivity contribution in [2.75, 3.05) is 25.5 Å². The number of benzene rings is 2. The first-order chi connectivity index (χ1) is 22.7. The van der Waals surface area contributed by atoms with E-state index in [1.165, 1.54) is 28.3 Å². The van der Waals surface area contributed by atoms with Crippen LogP contribution < -0.4 is 10.9 Å². The van der Waals surface area contributed by atoms with E-state index < -0.39 is 17.3 Å². The molecule has 12 heteroatoms. The highest BCUT2D eigenvalue weighted by molar-refractivity contribution is 5.82. The summed E-state index contributed by atoms with van der Waals surface area (Å²) in [6.45, 7) is 3.60. The fourth-order valence-electron chi connectivity index (χ4n) is 6.47. The summed E-state index contributed by atoms with van der Waals surface area (Å²) in [6, 6.07) is 15.0. The molecule has 240 valence electrons. The fourth-order valence-corrected chi connectivity index (χ4v) is 6.47. The van der Waals surface area contributed by atoms with Crippen molar-refractivity contribution < 1.29 is 13.2 Å². The normalized spacial score (nSPS) is 17.0. The Balaban J connectivity index is 1.29. The van der Waals surface area contributed by atoms with Crippen LogP contribution >= 0.6 is 0 Å². The number of allylic oxidation sites excluding steroid dienone is 1. The van der Waals surface area contributed by atoms with Crippen LogP contribution in [0.25, 0.3) is 28.1 Å². The standard InChI is InChI=1S/C35H33F3N8O/c1-22-31(41-21-46(22)30-10-5-15-39-30)28-17-26-18-40-34(42-27-13-11-23(12-14-27)24-8-6-16-44(2)19-24)43-32(26)45(33(28)47)20-25-7-3-4-9-29(25)35(36,37)38/h3-4,7,9-15,17-18,21,24H,5-6,8,16,19-20H2,1-2H3,(H,40,42,43). The average molecular weight is 639 g/mol. The summed E-state index contributed by atoms with van der Waals surface area (Å²) in [5.74, 6) is 1.39. The lowest BCUT2D eigenvalue weighted by Gasteiger charge is -2.30. The van der Waals surface area contributed by atoms with Crippen molar-refractivity contribution in [2.45, 2.75) is 44.8 Å². The van der Waals surface area contributed by atoms with Crippen molar-refractivity contribution in [3.05, 3.63) is 106 Å². The van der Waals surface area contributed by atoms with Crippen LogP contribution in [-0.2, 0) is 12.7 Å². The number of pyridine rings is 1. The molecule has 1 fully saturated rings. The number of aliphatic imine (C=N–C) groups is 1. The molecule has 47 heavy (non-hydrogen) atoms. The Kier molecular flexibility index (Phi) is 7.96. The minimum atomic E-state index is -4.60. The van der Waals surface area contributed by atoms with Crippen LogP contribution in [0.4, 0.5) is 24.8 Å². The highest BCUT2D eigenvalue weighted by Gasteiger charge is 2.33. The van der Waals surface area contributed by atoms with Crippen molar-refractivity contribution in [3.8, 4) is 11.3 Å². The predicted molar refractivity (Wildman–Crippen MR) is 177 cm³/mol. The molecule has 5 heterocycles. The third-order valence-corrected chi connectivity index (χ3v) is 8.88. The minimum absolute atomic E-state index is 0.0506. The molecule has 2 aromatic carbocycles. The summed E-state index contributed by atoms with van der Waals surface area (Å²) < 4.78 is 45.2. The molecule has 0 saturated carbocycles. The molecule has 7 rings (SSSR count). The molecular weight excluding hydrogens is 605 g/mol. The number of piperidine rings is 1.